The highest BCUT2D eigenvalue weighted by atomic mass is 16.5. The van der Waals surface area contributed by atoms with E-state index in [1.54, 1.807) is 19.2 Å². The number of esters is 1. The second-order valence-electron chi connectivity index (χ2n) is 6.43. The molecule has 0 radical (unpaired) electrons. The summed E-state index contributed by atoms with van der Waals surface area (Å²) in [5.74, 6) is -0.372. The van der Waals surface area contributed by atoms with Crippen molar-refractivity contribution in [2.45, 2.75) is 27.2 Å². The van der Waals surface area contributed by atoms with E-state index in [0.29, 0.717) is 28.7 Å². The van der Waals surface area contributed by atoms with Crippen molar-refractivity contribution in [3.8, 4) is 11.3 Å². The van der Waals surface area contributed by atoms with E-state index in [-0.39, 0.29) is 12.4 Å². The van der Waals surface area contributed by atoms with Crippen LogP contribution in [0.1, 0.15) is 36.7 Å². The number of nitrogens with one attached hydrogen (secondary N) is 1. The van der Waals surface area contributed by atoms with Gasteiger partial charge in [0.1, 0.15) is 12.0 Å². The number of nitrogens with zero attached hydrogens (tertiary/aromatic N) is 2. The Hall–Kier alpha value is -3.28. The normalized spacial score (nSPS) is 10.6. The highest BCUT2D eigenvalue weighted by Crippen LogP contribution is 2.29. The molecule has 0 spiro atoms. The molecule has 27 heavy (non-hydrogen) atoms. The highest BCUT2D eigenvalue weighted by Gasteiger charge is 2.19. The van der Waals surface area contributed by atoms with Gasteiger partial charge in [-0.1, -0.05) is 23.8 Å². The summed E-state index contributed by atoms with van der Waals surface area (Å²) in [5.41, 5.74) is 4.26. The van der Waals surface area contributed by atoms with Crippen LogP contribution in [0.5, 0.6) is 0 Å². The molecule has 3 aromatic rings. The van der Waals surface area contributed by atoms with Gasteiger partial charge >= 0.3 is 5.97 Å². The molecule has 0 aliphatic carbocycles. The molecule has 0 saturated carbocycles. The maximum atomic E-state index is 12.3. The molecule has 0 unspecified atom stereocenters. The standard InChI is InChI=1S/C21H21N3O3/c1-4-27-21(26)17-11-22-20-18(17)19(23-12-24-20)15-7-5-6-14(9-15)10-16(25)8-13(2)3/h5-9,11-12H,4,10H2,1-3H3,(H,22,23,24). The first-order valence-electron chi connectivity index (χ1n) is 8.75. The lowest BCUT2D eigenvalue weighted by atomic mass is 10.0. The average Bonchev–Trinajstić information content (AvgIpc) is 3.05. The molecule has 1 aromatic carbocycles. The lowest BCUT2D eigenvalue weighted by Gasteiger charge is -2.07. The van der Waals surface area contributed by atoms with E-state index in [2.05, 4.69) is 15.0 Å². The van der Waals surface area contributed by atoms with Crippen LogP contribution in [0.25, 0.3) is 22.3 Å². The number of allylic oxidation sites excluding steroid dienone is 2. The van der Waals surface area contributed by atoms with Crippen LogP contribution in [0, 0.1) is 0 Å². The number of benzene rings is 1. The summed E-state index contributed by atoms with van der Waals surface area (Å²) in [6.45, 7) is 5.84. The predicted molar refractivity (Wildman–Crippen MR) is 103 cm³/mol. The van der Waals surface area contributed by atoms with E-state index in [4.69, 9.17) is 4.74 Å². The summed E-state index contributed by atoms with van der Waals surface area (Å²) in [4.78, 5) is 35.9. The minimum Gasteiger partial charge on any atom is -0.462 e. The van der Waals surface area contributed by atoms with Crippen LogP contribution >= 0.6 is 0 Å². The van der Waals surface area contributed by atoms with E-state index >= 15 is 0 Å². The molecule has 6 nitrogen and oxygen atoms in total. The van der Waals surface area contributed by atoms with Gasteiger partial charge in [0.25, 0.3) is 0 Å². The molecule has 0 aliphatic rings. The zero-order valence-corrected chi connectivity index (χ0v) is 15.6. The molecule has 0 bridgehead atoms. The second kappa shape index (κ2) is 7.95. The predicted octanol–water partition coefficient (Wildman–Crippen LogP) is 3.88. The second-order valence-corrected chi connectivity index (χ2v) is 6.43. The number of rotatable bonds is 6. The number of ether oxygens (including phenoxy) is 1. The maximum Gasteiger partial charge on any atom is 0.340 e. The lowest BCUT2D eigenvalue weighted by Crippen LogP contribution is -2.04. The van der Waals surface area contributed by atoms with E-state index < -0.39 is 5.97 Å². The molecule has 0 fully saturated rings. The van der Waals surface area contributed by atoms with Crippen LogP contribution in [0.3, 0.4) is 0 Å². The number of aromatic amines is 1. The van der Waals surface area contributed by atoms with Crippen LogP contribution in [0.15, 0.2) is 48.4 Å². The van der Waals surface area contributed by atoms with Crippen molar-refractivity contribution in [2.24, 2.45) is 0 Å². The Kier molecular flexibility index (Phi) is 5.45. The fourth-order valence-corrected chi connectivity index (χ4v) is 2.95. The van der Waals surface area contributed by atoms with E-state index in [1.807, 2.05) is 38.1 Å². The Balaban J connectivity index is 2.04. The quantitative estimate of drug-likeness (QED) is 0.531. The van der Waals surface area contributed by atoms with Crippen LogP contribution in [-0.4, -0.2) is 33.3 Å². The van der Waals surface area contributed by atoms with Crippen molar-refractivity contribution in [1.82, 2.24) is 15.0 Å². The SMILES string of the molecule is CCOC(=O)c1c[nH]c2ncnc(-c3cccc(CC(=O)C=C(C)C)c3)c12. The number of ketones is 1. The van der Waals surface area contributed by atoms with Crippen LogP contribution in [-0.2, 0) is 16.0 Å². The number of H-pyrrole nitrogens is 1. The molecule has 0 aliphatic heterocycles. The molecular formula is C21H21N3O3. The van der Waals surface area contributed by atoms with Gasteiger partial charge in [0.2, 0.25) is 0 Å². The summed E-state index contributed by atoms with van der Waals surface area (Å²) in [6.07, 6.45) is 4.98. The molecule has 0 amide bonds. The van der Waals surface area contributed by atoms with Gasteiger partial charge in [0.15, 0.2) is 5.78 Å². The highest BCUT2D eigenvalue weighted by molar-refractivity contribution is 6.08. The molecule has 2 heterocycles. The zero-order valence-electron chi connectivity index (χ0n) is 15.6. The summed E-state index contributed by atoms with van der Waals surface area (Å²) in [6, 6.07) is 7.60. The number of carbonyl (C=O) groups is 2. The third-order valence-corrected chi connectivity index (χ3v) is 3.99. The van der Waals surface area contributed by atoms with Gasteiger partial charge in [-0.15, -0.1) is 0 Å². The van der Waals surface area contributed by atoms with Crippen LogP contribution in [0.4, 0.5) is 0 Å². The first kappa shape index (κ1) is 18.5. The summed E-state index contributed by atoms with van der Waals surface area (Å²) in [5, 5.41) is 0.615. The average molecular weight is 363 g/mol. The fourth-order valence-electron chi connectivity index (χ4n) is 2.95. The van der Waals surface area contributed by atoms with Gasteiger partial charge < -0.3 is 9.72 Å². The zero-order chi connectivity index (χ0) is 19.4. The number of hydrogen-bond donors (Lipinski definition) is 1. The van der Waals surface area contributed by atoms with E-state index in [9.17, 15) is 9.59 Å². The lowest BCUT2D eigenvalue weighted by molar-refractivity contribution is -0.114. The third-order valence-electron chi connectivity index (χ3n) is 3.99. The van der Waals surface area contributed by atoms with Crippen molar-refractivity contribution in [1.29, 1.82) is 0 Å². The monoisotopic (exact) mass is 363 g/mol. The third kappa shape index (κ3) is 4.11. The Bertz CT molecular complexity index is 1030. The molecule has 6 heteroatoms. The van der Waals surface area contributed by atoms with Crippen molar-refractivity contribution in [3.05, 3.63) is 59.6 Å². The molecular weight excluding hydrogens is 342 g/mol. The first-order valence-corrected chi connectivity index (χ1v) is 8.75. The van der Waals surface area contributed by atoms with E-state index in [1.165, 1.54) is 6.33 Å². The molecule has 138 valence electrons. The molecule has 0 saturated heterocycles. The summed E-state index contributed by atoms with van der Waals surface area (Å²) < 4.78 is 5.13. The van der Waals surface area contributed by atoms with Crippen molar-refractivity contribution >= 4 is 22.8 Å². The van der Waals surface area contributed by atoms with Gasteiger partial charge in [-0.05, 0) is 38.5 Å². The smallest absolute Gasteiger partial charge is 0.340 e. The van der Waals surface area contributed by atoms with Gasteiger partial charge in [-0.2, -0.15) is 0 Å². The summed E-state index contributed by atoms with van der Waals surface area (Å²) in [7, 11) is 0. The fraction of sp³-hybridized carbons (Fsp3) is 0.238. The van der Waals surface area contributed by atoms with Gasteiger partial charge in [-0.25, -0.2) is 14.8 Å². The molecule has 3 rings (SSSR count). The topological polar surface area (TPSA) is 84.9 Å². The Morgan fingerprint density at radius 1 is 1.22 bits per heavy atom. The Labute approximate surface area is 157 Å². The van der Waals surface area contributed by atoms with Crippen molar-refractivity contribution in [3.63, 3.8) is 0 Å². The number of hydrogen-bond acceptors (Lipinski definition) is 5. The molecule has 2 aromatic heterocycles. The first-order chi connectivity index (χ1) is 13.0. The van der Waals surface area contributed by atoms with Crippen LogP contribution < -0.4 is 0 Å². The van der Waals surface area contributed by atoms with E-state index in [0.717, 1.165) is 16.7 Å². The van der Waals surface area contributed by atoms with Gasteiger partial charge in [-0.3, -0.25) is 4.79 Å². The maximum absolute atomic E-state index is 12.3. The number of carbonyl (C=O) groups excluding carboxylic acids is 2. The van der Waals surface area contributed by atoms with Gasteiger partial charge in [0.05, 0.1) is 23.3 Å². The Morgan fingerprint density at radius 3 is 2.78 bits per heavy atom. The number of fused-ring (bicyclic) bond motifs is 1. The Morgan fingerprint density at radius 2 is 2.04 bits per heavy atom. The number of aromatic nitrogens is 3. The minimum atomic E-state index is -0.422. The minimum absolute atomic E-state index is 0.0499. The van der Waals surface area contributed by atoms with Crippen molar-refractivity contribution < 1.29 is 14.3 Å². The van der Waals surface area contributed by atoms with Crippen LogP contribution in [0.2, 0.25) is 0 Å². The molecule has 1 N–H and O–H groups in total. The summed E-state index contributed by atoms with van der Waals surface area (Å²) >= 11 is 0. The molecule has 0 atom stereocenters. The van der Waals surface area contributed by atoms with Crippen molar-refractivity contribution in [2.75, 3.05) is 6.61 Å². The largest absolute Gasteiger partial charge is 0.462 e. The van der Waals surface area contributed by atoms with Gasteiger partial charge in [0, 0.05) is 18.2 Å².